The van der Waals surface area contributed by atoms with Crippen LogP contribution in [0.2, 0.25) is 0 Å². The Kier molecular flexibility index (Phi) is 4.18. The van der Waals surface area contributed by atoms with Crippen LogP contribution in [-0.4, -0.2) is 15.8 Å². The Morgan fingerprint density at radius 1 is 1.43 bits per heavy atom. The van der Waals surface area contributed by atoms with Crippen molar-refractivity contribution >= 4 is 39.0 Å². The molecule has 0 unspecified atom stereocenters. The number of halogens is 1. The van der Waals surface area contributed by atoms with Crippen LogP contribution in [0.5, 0.6) is 0 Å². The first-order valence-electron chi connectivity index (χ1n) is 5.86. The van der Waals surface area contributed by atoms with Gasteiger partial charge in [0.25, 0.3) is 11.6 Å². The minimum Gasteiger partial charge on any atom is -0.393 e. The van der Waals surface area contributed by atoms with E-state index in [0.717, 1.165) is 16.1 Å². The van der Waals surface area contributed by atoms with Gasteiger partial charge in [0.1, 0.15) is 11.5 Å². The van der Waals surface area contributed by atoms with Gasteiger partial charge in [0.05, 0.1) is 4.92 Å². The highest BCUT2D eigenvalue weighted by Gasteiger charge is 2.16. The van der Waals surface area contributed by atoms with Crippen molar-refractivity contribution in [3.05, 3.63) is 56.2 Å². The summed E-state index contributed by atoms with van der Waals surface area (Å²) in [5.74, 6) is -0.132. The second-order valence-electron chi connectivity index (χ2n) is 4.30. The zero-order valence-corrected chi connectivity index (χ0v) is 12.5. The number of hydrogen-bond acceptors (Lipinski definition) is 5. The number of hydrogen-bond donors (Lipinski definition) is 2. The number of nitrogen functional groups attached to an aromatic ring is 1. The number of amides is 1. The minimum atomic E-state index is -0.631. The van der Waals surface area contributed by atoms with Gasteiger partial charge in [0.15, 0.2) is 0 Å². The van der Waals surface area contributed by atoms with Crippen molar-refractivity contribution in [1.29, 1.82) is 0 Å². The summed E-state index contributed by atoms with van der Waals surface area (Å²) in [5, 5.41) is 13.4. The lowest BCUT2D eigenvalue weighted by Crippen LogP contribution is -2.13. The van der Waals surface area contributed by atoms with Gasteiger partial charge < -0.3 is 11.1 Å². The predicted octanol–water partition coefficient (Wildman–Crippen LogP) is 2.90. The van der Waals surface area contributed by atoms with E-state index in [-0.39, 0.29) is 16.9 Å². The van der Waals surface area contributed by atoms with Gasteiger partial charge in [-0.05, 0) is 46.6 Å². The lowest BCUT2D eigenvalue weighted by molar-refractivity contribution is -0.383. The monoisotopic (exact) mass is 350 g/mol. The number of nitro benzene ring substituents is 1. The van der Waals surface area contributed by atoms with Gasteiger partial charge in [0.2, 0.25) is 0 Å². The fourth-order valence-electron chi connectivity index (χ4n) is 1.64. The van der Waals surface area contributed by atoms with E-state index in [1.807, 2.05) is 6.92 Å². The van der Waals surface area contributed by atoms with Crippen molar-refractivity contribution in [2.24, 2.45) is 0 Å². The van der Waals surface area contributed by atoms with Gasteiger partial charge in [-0.25, -0.2) is 4.98 Å². The summed E-state index contributed by atoms with van der Waals surface area (Å²) in [7, 11) is 0. The molecule has 0 aliphatic heterocycles. The molecular formula is C13H11BrN4O3. The maximum absolute atomic E-state index is 12.1. The van der Waals surface area contributed by atoms with Gasteiger partial charge in [-0.15, -0.1) is 0 Å². The number of aryl methyl sites for hydroxylation is 1. The molecule has 0 atom stereocenters. The fraction of sp³-hybridized carbons (Fsp3) is 0.0769. The molecule has 0 fully saturated rings. The van der Waals surface area contributed by atoms with Crippen LogP contribution in [0, 0.1) is 17.0 Å². The van der Waals surface area contributed by atoms with Crippen LogP contribution >= 0.6 is 15.9 Å². The molecule has 0 saturated carbocycles. The van der Waals surface area contributed by atoms with E-state index in [4.69, 9.17) is 5.73 Å². The van der Waals surface area contributed by atoms with E-state index in [2.05, 4.69) is 26.2 Å². The maximum Gasteiger partial charge on any atom is 0.292 e. The summed E-state index contributed by atoms with van der Waals surface area (Å²) in [6.07, 6.45) is 1.57. The number of nitrogens with two attached hydrogens (primary N) is 1. The van der Waals surface area contributed by atoms with Crippen molar-refractivity contribution in [3.63, 3.8) is 0 Å². The standard InChI is InChI=1S/C13H11BrN4O3/c1-7-4-12(16-6-9(7)14)17-13(19)8-2-3-10(15)11(5-8)18(20)21/h2-6H,15H2,1H3,(H,16,17,19). The molecule has 0 radical (unpaired) electrons. The molecular weight excluding hydrogens is 340 g/mol. The molecule has 1 aromatic carbocycles. The van der Waals surface area contributed by atoms with E-state index < -0.39 is 10.8 Å². The number of aromatic nitrogens is 1. The van der Waals surface area contributed by atoms with E-state index in [0.29, 0.717) is 5.82 Å². The van der Waals surface area contributed by atoms with Crippen molar-refractivity contribution in [1.82, 2.24) is 4.98 Å². The molecule has 0 spiro atoms. The molecule has 1 amide bonds. The van der Waals surface area contributed by atoms with Crippen LogP contribution < -0.4 is 11.1 Å². The SMILES string of the molecule is Cc1cc(NC(=O)c2ccc(N)c([N+](=O)[O-])c2)ncc1Br. The molecule has 0 aliphatic carbocycles. The zero-order valence-electron chi connectivity index (χ0n) is 11.0. The first-order valence-corrected chi connectivity index (χ1v) is 6.65. The van der Waals surface area contributed by atoms with Crippen molar-refractivity contribution < 1.29 is 9.72 Å². The van der Waals surface area contributed by atoms with Crippen LogP contribution in [0.4, 0.5) is 17.2 Å². The quantitative estimate of drug-likeness (QED) is 0.502. The van der Waals surface area contributed by atoms with Crippen LogP contribution in [0.1, 0.15) is 15.9 Å². The summed E-state index contributed by atoms with van der Waals surface area (Å²) in [6, 6.07) is 5.57. The average molecular weight is 351 g/mol. The van der Waals surface area contributed by atoms with Crippen molar-refractivity contribution in [3.8, 4) is 0 Å². The molecule has 1 aromatic heterocycles. The highest BCUT2D eigenvalue weighted by Crippen LogP contribution is 2.23. The number of anilines is 2. The van der Waals surface area contributed by atoms with E-state index in [1.54, 1.807) is 12.3 Å². The van der Waals surface area contributed by atoms with Gasteiger partial charge in [-0.2, -0.15) is 0 Å². The normalized spacial score (nSPS) is 10.2. The third-order valence-electron chi connectivity index (χ3n) is 2.78. The number of pyridine rings is 1. The summed E-state index contributed by atoms with van der Waals surface area (Å²) in [4.78, 5) is 26.3. The number of nitro groups is 1. The molecule has 0 bridgehead atoms. The molecule has 3 N–H and O–H groups in total. The Morgan fingerprint density at radius 3 is 2.76 bits per heavy atom. The third-order valence-corrected chi connectivity index (χ3v) is 3.61. The molecule has 0 saturated heterocycles. The number of benzene rings is 1. The molecule has 0 aliphatic rings. The molecule has 7 nitrogen and oxygen atoms in total. The predicted molar refractivity (Wildman–Crippen MR) is 82.1 cm³/mol. The fourth-order valence-corrected chi connectivity index (χ4v) is 1.86. The zero-order chi connectivity index (χ0) is 15.6. The van der Waals surface area contributed by atoms with Crippen LogP contribution in [0.3, 0.4) is 0 Å². The van der Waals surface area contributed by atoms with Crippen molar-refractivity contribution in [2.45, 2.75) is 6.92 Å². The average Bonchev–Trinajstić information content (AvgIpc) is 2.43. The summed E-state index contributed by atoms with van der Waals surface area (Å²) in [6.45, 7) is 1.86. The Labute approximate surface area is 128 Å². The van der Waals surface area contributed by atoms with Crippen LogP contribution in [0.15, 0.2) is 34.9 Å². The summed E-state index contributed by atoms with van der Waals surface area (Å²) >= 11 is 3.31. The topological polar surface area (TPSA) is 111 Å². The van der Waals surface area contributed by atoms with Gasteiger partial charge in [0, 0.05) is 22.3 Å². The van der Waals surface area contributed by atoms with Gasteiger partial charge in [-0.3, -0.25) is 14.9 Å². The molecule has 2 aromatic rings. The minimum absolute atomic E-state index is 0.00848. The maximum atomic E-state index is 12.1. The highest BCUT2D eigenvalue weighted by molar-refractivity contribution is 9.10. The van der Waals surface area contributed by atoms with E-state index in [9.17, 15) is 14.9 Å². The number of nitrogens with zero attached hydrogens (tertiary/aromatic N) is 2. The number of rotatable bonds is 3. The Bertz CT molecular complexity index is 733. The molecule has 108 valence electrons. The van der Waals surface area contributed by atoms with Crippen LogP contribution in [-0.2, 0) is 0 Å². The number of carbonyl (C=O) groups excluding carboxylic acids is 1. The molecule has 21 heavy (non-hydrogen) atoms. The van der Waals surface area contributed by atoms with Gasteiger partial charge >= 0.3 is 0 Å². The molecule has 2 rings (SSSR count). The first kappa shape index (κ1) is 14.9. The lowest BCUT2D eigenvalue weighted by atomic mass is 10.1. The Balaban J connectivity index is 2.26. The van der Waals surface area contributed by atoms with Crippen LogP contribution in [0.25, 0.3) is 0 Å². The van der Waals surface area contributed by atoms with E-state index in [1.165, 1.54) is 12.1 Å². The van der Waals surface area contributed by atoms with E-state index >= 15 is 0 Å². The van der Waals surface area contributed by atoms with Crippen molar-refractivity contribution in [2.75, 3.05) is 11.1 Å². The largest absolute Gasteiger partial charge is 0.393 e. The Morgan fingerprint density at radius 2 is 2.14 bits per heavy atom. The second-order valence-corrected chi connectivity index (χ2v) is 5.16. The number of nitrogens with one attached hydrogen (secondary N) is 1. The third kappa shape index (κ3) is 3.34. The highest BCUT2D eigenvalue weighted by atomic mass is 79.9. The summed E-state index contributed by atoms with van der Waals surface area (Å²) < 4.78 is 0.823. The smallest absolute Gasteiger partial charge is 0.292 e. The molecule has 8 heteroatoms. The lowest BCUT2D eigenvalue weighted by Gasteiger charge is -2.06. The molecule has 1 heterocycles. The second kappa shape index (κ2) is 5.88. The Hall–Kier alpha value is -2.48. The van der Waals surface area contributed by atoms with Gasteiger partial charge in [-0.1, -0.05) is 0 Å². The number of carbonyl (C=O) groups is 1. The first-order chi connectivity index (χ1) is 9.88. The summed E-state index contributed by atoms with van der Waals surface area (Å²) in [5.41, 5.74) is 6.24.